The first-order chi connectivity index (χ1) is 9.69. The first kappa shape index (κ1) is 13.3. The Bertz CT molecular complexity index is 527. The SMILES string of the molecule is CCC1CCCCN1c1cc2c(cc1N)NC(=O)CC2. The Morgan fingerprint density at radius 2 is 2.20 bits per heavy atom. The van der Waals surface area contributed by atoms with Gasteiger partial charge in [0.15, 0.2) is 0 Å². The fraction of sp³-hybridized carbons (Fsp3) is 0.562. The molecule has 0 radical (unpaired) electrons. The summed E-state index contributed by atoms with van der Waals surface area (Å²) in [6.07, 6.45) is 6.36. The van der Waals surface area contributed by atoms with Gasteiger partial charge in [-0.05, 0) is 49.8 Å². The molecular formula is C16H23N3O. The molecule has 1 aromatic rings. The number of anilines is 3. The van der Waals surface area contributed by atoms with Gasteiger partial charge in [-0.2, -0.15) is 0 Å². The summed E-state index contributed by atoms with van der Waals surface area (Å²) < 4.78 is 0. The van der Waals surface area contributed by atoms with Gasteiger partial charge in [-0.25, -0.2) is 0 Å². The van der Waals surface area contributed by atoms with Gasteiger partial charge in [-0.1, -0.05) is 6.92 Å². The minimum absolute atomic E-state index is 0.0917. The molecule has 2 heterocycles. The fourth-order valence-corrected chi connectivity index (χ4v) is 3.42. The Kier molecular flexibility index (Phi) is 3.55. The van der Waals surface area contributed by atoms with Crippen LogP contribution in [0, 0.1) is 0 Å². The molecule has 20 heavy (non-hydrogen) atoms. The molecule has 1 unspecified atom stereocenters. The summed E-state index contributed by atoms with van der Waals surface area (Å²) in [6.45, 7) is 3.34. The molecule has 0 bridgehead atoms. The van der Waals surface area contributed by atoms with Gasteiger partial charge in [0, 0.05) is 24.7 Å². The van der Waals surface area contributed by atoms with E-state index >= 15 is 0 Å². The number of hydrogen-bond donors (Lipinski definition) is 2. The highest BCUT2D eigenvalue weighted by Crippen LogP contribution is 2.36. The van der Waals surface area contributed by atoms with Crippen molar-refractivity contribution in [3.05, 3.63) is 17.7 Å². The Balaban J connectivity index is 1.95. The Hall–Kier alpha value is -1.71. The van der Waals surface area contributed by atoms with E-state index in [-0.39, 0.29) is 5.91 Å². The molecule has 2 aliphatic heterocycles. The van der Waals surface area contributed by atoms with Gasteiger partial charge in [-0.15, -0.1) is 0 Å². The van der Waals surface area contributed by atoms with Crippen LogP contribution < -0.4 is 16.0 Å². The number of piperidine rings is 1. The maximum absolute atomic E-state index is 11.5. The van der Waals surface area contributed by atoms with E-state index in [1.54, 1.807) is 0 Å². The molecule has 1 atom stereocenters. The molecule has 1 saturated heterocycles. The molecule has 0 aromatic heterocycles. The second-order valence-electron chi connectivity index (χ2n) is 5.87. The van der Waals surface area contributed by atoms with E-state index in [0.29, 0.717) is 12.5 Å². The number of carbonyl (C=O) groups is 1. The van der Waals surface area contributed by atoms with E-state index < -0.39 is 0 Å². The van der Waals surface area contributed by atoms with Gasteiger partial charge < -0.3 is 16.0 Å². The number of nitrogens with zero attached hydrogens (tertiary/aromatic N) is 1. The van der Waals surface area contributed by atoms with Crippen molar-refractivity contribution in [2.75, 3.05) is 22.5 Å². The van der Waals surface area contributed by atoms with Crippen LogP contribution in [0.5, 0.6) is 0 Å². The van der Waals surface area contributed by atoms with Crippen molar-refractivity contribution in [1.82, 2.24) is 0 Å². The summed E-state index contributed by atoms with van der Waals surface area (Å²) in [5.74, 6) is 0.0917. The number of benzene rings is 1. The predicted molar refractivity (Wildman–Crippen MR) is 83.1 cm³/mol. The van der Waals surface area contributed by atoms with Crippen molar-refractivity contribution in [3.8, 4) is 0 Å². The van der Waals surface area contributed by atoms with Gasteiger partial charge in [0.1, 0.15) is 0 Å². The van der Waals surface area contributed by atoms with Gasteiger partial charge in [0.25, 0.3) is 0 Å². The summed E-state index contributed by atoms with van der Waals surface area (Å²) in [7, 11) is 0. The van der Waals surface area contributed by atoms with Crippen LogP contribution in [0.4, 0.5) is 17.1 Å². The van der Waals surface area contributed by atoms with Crippen molar-refractivity contribution in [2.45, 2.75) is 51.5 Å². The van der Waals surface area contributed by atoms with Crippen LogP contribution in [0.2, 0.25) is 0 Å². The van der Waals surface area contributed by atoms with Crippen molar-refractivity contribution in [2.24, 2.45) is 0 Å². The zero-order chi connectivity index (χ0) is 14.1. The van der Waals surface area contributed by atoms with Crippen LogP contribution >= 0.6 is 0 Å². The van der Waals surface area contributed by atoms with Crippen molar-refractivity contribution in [1.29, 1.82) is 0 Å². The third-order valence-electron chi connectivity index (χ3n) is 4.56. The standard InChI is InChI=1S/C16H23N3O/c1-2-12-5-3-4-8-19(12)15-9-11-6-7-16(20)18-14(11)10-13(15)17/h9-10,12H,2-8,17H2,1H3,(H,18,20). The molecule has 4 nitrogen and oxygen atoms in total. The zero-order valence-corrected chi connectivity index (χ0v) is 12.1. The average molecular weight is 273 g/mol. The lowest BCUT2D eigenvalue weighted by atomic mass is 9.96. The molecule has 2 aliphatic rings. The third-order valence-corrected chi connectivity index (χ3v) is 4.56. The van der Waals surface area contributed by atoms with E-state index in [2.05, 4.69) is 23.2 Å². The van der Waals surface area contributed by atoms with Crippen LogP contribution in [-0.2, 0) is 11.2 Å². The molecular weight excluding hydrogens is 250 g/mol. The number of amides is 1. The van der Waals surface area contributed by atoms with Crippen LogP contribution in [0.15, 0.2) is 12.1 Å². The lowest BCUT2D eigenvalue weighted by molar-refractivity contribution is -0.116. The quantitative estimate of drug-likeness (QED) is 0.815. The maximum atomic E-state index is 11.5. The maximum Gasteiger partial charge on any atom is 0.224 e. The number of aryl methyl sites for hydroxylation is 1. The van der Waals surface area contributed by atoms with Crippen molar-refractivity contribution in [3.63, 3.8) is 0 Å². The highest BCUT2D eigenvalue weighted by molar-refractivity contribution is 5.95. The number of fused-ring (bicyclic) bond motifs is 1. The minimum Gasteiger partial charge on any atom is -0.397 e. The normalized spacial score (nSPS) is 22.4. The molecule has 4 heteroatoms. The van der Waals surface area contributed by atoms with Crippen LogP contribution in [-0.4, -0.2) is 18.5 Å². The Labute approximate surface area is 120 Å². The van der Waals surface area contributed by atoms with Gasteiger partial charge in [0.05, 0.1) is 11.4 Å². The summed E-state index contributed by atoms with van der Waals surface area (Å²) in [5.41, 5.74) is 10.3. The van der Waals surface area contributed by atoms with E-state index in [9.17, 15) is 4.79 Å². The third kappa shape index (κ3) is 2.35. The van der Waals surface area contributed by atoms with Gasteiger partial charge >= 0.3 is 0 Å². The predicted octanol–water partition coefficient (Wildman–Crippen LogP) is 2.92. The minimum atomic E-state index is 0.0917. The molecule has 0 spiro atoms. The molecule has 0 saturated carbocycles. The highest BCUT2D eigenvalue weighted by Gasteiger charge is 2.25. The summed E-state index contributed by atoms with van der Waals surface area (Å²) >= 11 is 0. The van der Waals surface area contributed by atoms with Crippen LogP contribution in [0.3, 0.4) is 0 Å². The molecule has 0 aliphatic carbocycles. The molecule has 1 fully saturated rings. The summed E-state index contributed by atoms with van der Waals surface area (Å²) in [5, 5.41) is 2.92. The van der Waals surface area contributed by atoms with Crippen LogP contribution in [0.1, 0.15) is 44.6 Å². The second-order valence-corrected chi connectivity index (χ2v) is 5.87. The van der Waals surface area contributed by atoms with Gasteiger partial charge in [0.2, 0.25) is 5.91 Å². The highest BCUT2D eigenvalue weighted by atomic mass is 16.1. The van der Waals surface area contributed by atoms with Crippen molar-refractivity contribution >= 4 is 23.0 Å². The number of nitrogens with two attached hydrogens (primary N) is 1. The van der Waals surface area contributed by atoms with Crippen LogP contribution in [0.25, 0.3) is 0 Å². The number of hydrogen-bond acceptors (Lipinski definition) is 3. The molecule has 3 rings (SSSR count). The molecule has 1 amide bonds. The van der Waals surface area contributed by atoms with E-state index in [1.807, 2.05) is 6.07 Å². The number of carbonyl (C=O) groups excluding carboxylic acids is 1. The number of nitrogen functional groups attached to an aromatic ring is 1. The topological polar surface area (TPSA) is 58.4 Å². The molecule has 108 valence electrons. The lowest BCUT2D eigenvalue weighted by Gasteiger charge is -2.38. The zero-order valence-electron chi connectivity index (χ0n) is 12.1. The molecule has 1 aromatic carbocycles. The average Bonchev–Trinajstić information content (AvgIpc) is 2.46. The molecule has 3 N–H and O–H groups in total. The smallest absolute Gasteiger partial charge is 0.224 e. The first-order valence-electron chi connectivity index (χ1n) is 7.68. The van der Waals surface area contributed by atoms with Crippen molar-refractivity contribution < 1.29 is 4.79 Å². The monoisotopic (exact) mass is 273 g/mol. The summed E-state index contributed by atoms with van der Waals surface area (Å²) in [4.78, 5) is 13.9. The number of nitrogens with one attached hydrogen (secondary N) is 1. The number of rotatable bonds is 2. The Morgan fingerprint density at radius 1 is 1.35 bits per heavy atom. The van der Waals surface area contributed by atoms with Gasteiger partial charge in [-0.3, -0.25) is 4.79 Å². The lowest BCUT2D eigenvalue weighted by Crippen LogP contribution is -2.39. The largest absolute Gasteiger partial charge is 0.397 e. The Morgan fingerprint density at radius 3 is 3.00 bits per heavy atom. The second kappa shape index (κ2) is 5.35. The van der Waals surface area contributed by atoms with E-state index in [0.717, 1.165) is 36.4 Å². The first-order valence-corrected chi connectivity index (χ1v) is 7.68. The summed E-state index contributed by atoms with van der Waals surface area (Å²) in [6, 6.07) is 4.73. The van der Waals surface area contributed by atoms with E-state index in [1.165, 1.54) is 24.8 Å². The van der Waals surface area contributed by atoms with E-state index in [4.69, 9.17) is 5.73 Å². The fourth-order valence-electron chi connectivity index (χ4n) is 3.42.